The lowest BCUT2D eigenvalue weighted by molar-refractivity contribution is -0.253. The molecule has 0 unspecified atom stereocenters. The Hall–Kier alpha value is -4.14. The highest BCUT2D eigenvalue weighted by Crippen LogP contribution is 2.36. The molecule has 196 valence electrons. The van der Waals surface area contributed by atoms with Crippen molar-refractivity contribution < 1.29 is 36.2 Å². The monoisotopic (exact) mass is 528 g/mol. The lowest BCUT2D eigenvalue weighted by Crippen LogP contribution is -2.44. The number of ether oxygens (including phenoxy) is 1. The average Bonchev–Trinajstić information content (AvgIpc) is 3.48. The summed E-state index contributed by atoms with van der Waals surface area (Å²) in [5, 5.41) is 19.5. The lowest BCUT2D eigenvalue weighted by atomic mass is 9.86. The Morgan fingerprint density at radius 3 is 2.35 bits per heavy atom. The van der Waals surface area contributed by atoms with Gasteiger partial charge in [0.2, 0.25) is 0 Å². The van der Waals surface area contributed by atoms with Gasteiger partial charge in [-0.05, 0) is 37.3 Å². The van der Waals surface area contributed by atoms with Crippen LogP contribution in [-0.4, -0.2) is 46.8 Å². The Bertz CT molecular complexity index is 1420. The molecular formula is C22H18F6N6O3. The first-order valence-corrected chi connectivity index (χ1v) is 10.5. The summed E-state index contributed by atoms with van der Waals surface area (Å²) in [7, 11) is 0. The van der Waals surface area contributed by atoms with Gasteiger partial charge in [-0.3, -0.25) is 0 Å². The first kappa shape index (κ1) is 25.9. The Morgan fingerprint density at radius 2 is 1.76 bits per heavy atom. The Morgan fingerprint density at radius 1 is 1.05 bits per heavy atom. The first-order chi connectivity index (χ1) is 17.4. The quantitative estimate of drug-likeness (QED) is 0.335. The molecule has 2 atom stereocenters. The molecule has 0 radical (unpaired) electrons. The summed E-state index contributed by atoms with van der Waals surface area (Å²) in [6, 6.07) is 5.51. The third-order valence-corrected chi connectivity index (χ3v) is 5.64. The standard InChI is InChI=1S/C22H18F6N6O3/c1-13(21(36,9-32-11-29-10-30-32)17-7-2-14(23)8-18(17)24)34-20(35)33(12-31-34)15-3-5-16(6-4-15)37-22(27,28)19(25)26/h2-8,10-13,19,36H,9H2,1H3/t13-,21-/m1/s1. The SMILES string of the molecule is C[C@@H](n1ncn(-c2ccc(OC(F)(F)C(F)F)cc2)c1=O)[C@](O)(Cn1cncn1)c1ccc(F)cc1F. The summed E-state index contributed by atoms with van der Waals surface area (Å²) in [6.07, 6.45) is -5.27. The number of hydrogen-bond acceptors (Lipinski definition) is 6. The number of aromatic nitrogens is 6. The number of halogens is 6. The van der Waals surface area contributed by atoms with E-state index in [0.29, 0.717) is 6.07 Å². The van der Waals surface area contributed by atoms with Crippen molar-refractivity contribution in [1.29, 1.82) is 0 Å². The van der Waals surface area contributed by atoms with Gasteiger partial charge in [0.25, 0.3) is 0 Å². The number of nitrogens with zero attached hydrogens (tertiary/aromatic N) is 6. The zero-order valence-electron chi connectivity index (χ0n) is 18.9. The predicted molar refractivity (Wildman–Crippen MR) is 114 cm³/mol. The molecule has 2 aromatic heterocycles. The summed E-state index contributed by atoms with van der Waals surface area (Å²) in [4.78, 5) is 16.9. The number of alkyl halides is 4. The molecule has 0 bridgehead atoms. The van der Waals surface area contributed by atoms with Gasteiger partial charge in [-0.15, -0.1) is 0 Å². The zero-order valence-corrected chi connectivity index (χ0v) is 18.9. The summed E-state index contributed by atoms with van der Waals surface area (Å²) < 4.78 is 86.3. The van der Waals surface area contributed by atoms with E-state index in [-0.39, 0.29) is 17.8 Å². The van der Waals surface area contributed by atoms with Crippen LogP contribution < -0.4 is 10.4 Å². The second-order valence-corrected chi connectivity index (χ2v) is 8.00. The molecule has 1 N–H and O–H groups in total. The fraction of sp³-hybridized carbons (Fsp3) is 0.273. The van der Waals surface area contributed by atoms with E-state index in [4.69, 9.17) is 0 Å². The molecule has 4 rings (SSSR count). The van der Waals surface area contributed by atoms with Crippen molar-refractivity contribution in [2.75, 3.05) is 0 Å². The predicted octanol–water partition coefficient (Wildman–Crippen LogP) is 3.29. The van der Waals surface area contributed by atoms with Crippen LogP contribution in [0.1, 0.15) is 18.5 Å². The third kappa shape index (κ3) is 5.07. The molecule has 0 saturated heterocycles. The van der Waals surface area contributed by atoms with Crippen molar-refractivity contribution in [1.82, 2.24) is 29.1 Å². The van der Waals surface area contributed by atoms with E-state index in [9.17, 15) is 36.2 Å². The number of aliphatic hydroxyl groups is 1. The molecule has 2 aromatic carbocycles. The summed E-state index contributed by atoms with van der Waals surface area (Å²) in [6.45, 7) is 0.988. The molecule has 2 heterocycles. The van der Waals surface area contributed by atoms with E-state index in [1.807, 2.05) is 0 Å². The maximum atomic E-state index is 14.8. The molecule has 9 nitrogen and oxygen atoms in total. The van der Waals surface area contributed by atoms with Crippen molar-refractivity contribution in [3.8, 4) is 11.4 Å². The van der Waals surface area contributed by atoms with Crippen LogP contribution in [0.4, 0.5) is 26.3 Å². The van der Waals surface area contributed by atoms with E-state index < -0.39 is 47.3 Å². The van der Waals surface area contributed by atoms with Crippen LogP contribution in [0.3, 0.4) is 0 Å². The Kier molecular flexibility index (Phi) is 6.82. The van der Waals surface area contributed by atoms with Gasteiger partial charge in [-0.1, -0.05) is 6.07 Å². The van der Waals surface area contributed by atoms with Crippen LogP contribution in [0.25, 0.3) is 5.69 Å². The van der Waals surface area contributed by atoms with E-state index in [1.165, 1.54) is 24.3 Å². The first-order valence-electron chi connectivity index (χ1n) is 10.5. The van der Waals surface area contributed by atoms with E-state index in [0.717, 1.165) is 52.0 Å². The normalized spacial score (nSPS) is 14.5. The van der Waals surface area contributed by atoms with E-state index in [2.05, 4.69) is 19.9 Å². The van der Waals surface area contributed by atoms with Gasteiger partial charge in [0.1, 0.15) is 42.0 Å². The minimum Gasteiger partial charge on any atom is -0.428 e. The average molecular weight is 528 g/mol. The molecule has 0 saturated carbocycles. The highest BCUT2D eigenvalue weighted by molar-refractivity contribution is 5.37. The molecule has 0 spiro atoms. The van der Waals surface area contributed by atoms with E-state index in [1.54, 1.807) is 0 Å². The molecule has 37 heavy (non-hydrogen) atoms. The molecule has 0 aliphatic heterocycles. The van der Waals surface area contributed by atoms with Gasteiger partial charge in [0.05, 0.1) is 18.3 Å². The van der Waals surface area contributed by atoms with Crippen LogP contribution in [0.2, 0.25) is 0 Å². The van der Waals surface area contributed by atoms with Gasteiger partial charge in [-0.25, -0.2) is 32.5 Å². The molecule has 0 aliphatic carbocycles. The fourth-order valence-electron chi connectivity index (χ4n) is 3.68. The summed E-state index contributed by atoms with van der Waals surface area (Å²) in [5.41, 5.74) is -3.23. The number of rotatable bonds is 9. The minimum absolute atomic E-state index is 0.101. The van der Waals surface area contributed by atoms with Crippen molar-refractivity contribution in [3.05, 3.63) is 89.1 Å². The summed E-state index contributed by atoms with van der Waals surface area (Å²) in [5.74, 6) is -2.52. The highest BCUT2D eigenvalue weighted by atomic mass is 19.3. The lowest BCUT2D eigenvalue weighted by Gasteiger charge is -2.34. The maximum absolute atomic E-state index is 14.8. The molecule has 0 fully saturated rings. The van der Waals surface area contributed by atoms with Crippen LogP contribution in [-0.2, 0) is 12.1 Å². The van der Waals surface area contributed by atoms with Crippen LogP contribution in [0.15, 0.2) is 66.2 Å². The van der Waals surface area contributed by atoms with Crippen LogP contribution >= 0.6 is 0 Å². The van der Waals surface area contributed by atoms with Crippen molar-refractivity contribution >= 4 is 0 Å². The van der Waals surface area contributed by atoms with Gasteiger partial charge in [-0.2, -0.15) is 27.8 Å². The Balaban J connectivity index is 1.69. The Labute approximate surface area is 204 Å². The second-order valence-electron chi connectivity index (χ2n) is 8.00. The molecule has 4 aromatic rings. The van der Waals surface area contributed by atoms with Gasteiger partial charge >= 0.3 is 18.2 Å². The number of hydrogen-bond donors (Lipinski definition) is 1. The minimum atomic E-state index is -4.71. The van der Waals surface area contributed by atoms with E-state index >= 15 is 0 Å². The van der Waals surface area contributed by atoms with Crippen molar-refractivity contribution in [2.45, 2.75) is 37.6 Å². The van der Waals surface area contributed by atoms with Crippen LogP contribution in [0.5, 0.6) is 5.75 Å². The molecule has 15 heteroatoms. The zero-order chi connectivity index (χ0) is 27.0. The maximum Gasteiger partial charge on any atom is 0.461 e. The third-order valence-electron chi connectivity index (χ3n) is 5.64. The van der Waals surface area contributed by atoms with Crippen LogP contribution in [0, 0.1) is 11.6 Å². The van der Waals surface area contributed by atoms with Gasteiger partial charge in [0.15, 0.2) is 0 Å². The molecule has 0 aliphatic rings. The molecular weight excluding hydrogens is 510 g/mol. The second kappa shape index (κ2) is 9.72. The summed E-state index contributed by atoms with van der Waals surface area (Å²) >= 11 is 0. The smallest absolute Gasteiger partial charge is 0.428 e. The largest absolute Gasteiger partial charge is 0.461 e. The van der Waals surface area contributed by atoms with Crippen molar-refractivity contribution in [2.24, 2.45) is 0 Å². The molecule has 0 amide bonds. The topological polar surface area (TPSA) is 100.0 Å². The number of benzene rings is 2. The fourth-order valence-corrected chi connectivity index (χ4v) is 3.68. The highest BCUT2D eigenvalue weighted by Gasteiger charge is 2.44. The van der Waals surface area contributed by atoms with Gasteiger partial charge < -0.3 is 9.84 Å². The van der Waals surface area contributed by atoms with Gasteiger partial charge in [0, 0.05) is 11.6 Å². The van der Waals surface area contributed by atoms with Crippen molar-refractivity contribution in [3.63, 3.8) is 0 Å².